The number of aliphatic hydroxyl groups excluding tert-OH is 2. The maximum absolute atomic E-state index is 14.7. The number of aromatic nitrogens is 1. The fourth-order valence-electron chi connectivity index (χ4n) is 7.81. The van der Waals surface area contributed by atoms with Gasteiger partial charge in [0.1, 0.15) is 42.3 Å². The molecule has 1 fully saturated rings. The predicted molar refractivity (Wildman–Crippen MR) is 274 cm³/mol. The molecular weight excluding hydrogens is 967 g/mol. The molecule has 8 amide bonds. The number of amides is 8. The first kappa shape index (κ1) is 56.4. The van der Waals surface area contributed by atoms with E-state index in [4.69, 9.17) is 17.2 Å². The molecule has 5 rings (SSSR count). The maximum atomic E-state index is 14.7. The van der Waals surface area contributed by atoms with E-state index < -0.39 is 108 Å². The second-order valence-corrected chi connectivity index (χ2v) is 20.1. The molecule has 0 spiro atoms. The molecule has 0 aliphatic carbocycles. The van der Waals surface area contributed by atoms with Gasteiger partial charge in [-0.15, -0.1) is 0 Å². The van der Waals surface area contributed by atoms with Crippen molar-refractivity contribution < 1.29 is 48.6 Å². The topological polar surface area (TPSA) is 355 Å². The number of carbonyl (C=O) groups excluding carboxylic acids is 8. The number of primary amides is 1. The molecule has 10 atom stereocenters. The number of para-hydroxylation sites is 1. The van der Waals surface area contributed by atoms with Crippen LogP contribution in [-0.4, -0.2) is 141 Å². The first-order chi connectivity index (χ1) is 34.4. The fraction of sp³-hybridized carbons (Fsp3) is 0.429. The first-order valence-corrected chi connectivity index (χ1v) is 26.0. The molecule has 0 saturated carbocycles. The van der Waals surface area contributed by atoms with Crippen molar-refractivity contribution in [2.45, 2.75) is 113 Å². The Bertz CT molecular complexity index is 2480. The van der Waals surface area contributed by atoms with Crippen LogP contribution in [0, 0.1) is 0 Å². The molecule has 0 bridgehead atoms. The third kappa shape index (κ3) is 16.8. The number of H-pyrrole nitrogens is 1. The van der Waals surface area contributed by atoms with E-state index >= 15 is 0 Å². The fourth-order valence-corrected chi connectivity index (χ4v) is 10.1. The number of nitrogens with one attached hydrogen (secondary N) is 8. The Hall–Kier alpha value is -6.50. The van der Waals surface area contributed by atoms with Crippen LogP contribution in [0.3, 0.4) is 0 Å². The lowest BCUT2D eigenvalue weighted by molar-refractivity contribution is -0.137. The van der Waals surface area contributed by atoms with Crippen LogP contribution >= 0.6 is 21.6 Å². The second-order valence-electron chi connectivity index (χ2n) is 17.6. The van der Waals surface area contributed by atoms with Gasteiger partial charge in [-0.1, -0.05) is 100 Å². The number of benzene rings is 3. The average Bonchev–Trinajstić information content (AvgIpc) is 3.76. The van der Waals surface area contributed by atoms with Gasteiger partial charge in [0.15, 0.2) is 0 Å². The van der Waals surface area contributed by atoms with Crippen LogP contribution in [0.2, 0.25) is 0 Å². The minimum atomic E-state index is -1.71. The molecule has 16 N–H and O–H groups in total. The van der Waals surface area contributed by atoms with Gasteiger partial charge in [-0.25, -0.2) is 0 Å². The Labute approximate surface area is 424 Å². The predicted octanol–water partition coefficient (Wildman–Crippen LogP) is -1.31. The lowest BCUT2D eigenvalue weighted by atomic mass is 10.0. The molecule has 21 nitrogen and oxygen atoms in total. The monoisotopic (exact) mass is 1030 g/mol. The molecule has 0 radical (unpaired) electrons. The highest BCUT2D eigenvalue weighted by atomic mass is 33.1. The molecular formula is C49H65N11O10S2. The standard InChI is InChI=1S/C49H65N11O10S2/c1-27(61)40(42(52)63)59-48(69)39-26-72-71-25-38(57-43(64)33(51)21-29-13-5-3-6-14-29)47(68)55-36(22-30-15-7-4-8-16-30)45(66)56-37(23-31-24-53-34-18-10-9-17-32(31)34)46(67)54-35(19-11-12-20-50)44(65)60-41(28(2)62)49(70)58-39/h3-10,13-18,24,27-28,33,35-41,53,61-62H,11-12,19-23,25-26,50-51H2,1-2H3,(H2,52,63)(H,54,67)(H,55,68)(H,56,66)(H,57,64)(H,58,70)(H,59,69)(H,60,65)/t27-,28-,33-,35-,36?,37-,38+,39?,40+,41?/m1/s1. The number of hydrogen-bond donors (Lipinski definition) is 13. The number of carbonyl (C=O) groups is 8. The van der Waals surface area contributed by atoms with E-state index in [9.17, 15) is 48.6 Å². The summed E-state index contributed by atoms with van der Waals surface area (Å²) in [6, 6.07) is 13.7. The maximum Gasteiger partial charge on any atom is 0.245 e. The summed E-state index contributed by atoms with van der Waals surface area (Å²) in [5.41, 5.74) is 20.4. The van der Waals surface area contributed by atoms with E-state index in [2.05, 4.69) is 42.2 Å². The molecule has 1 aliphatic rings. The van der Waals surface area contributed by atoms with E-state index in [1.54, 1.807) is 60.8 Å². The molecule has 23 heteroatoms. The van der Waals surface area contributed by atoms with Crippen LogP contribution in [0.4, 0.5) is 0 Å². The summed E-state index contributed by atoms with van der Waals surface area (Å²) in [5, 5.41) is 40.3. The van der Waals surface area contributed by atoms with E-state index in [0.29, 0.717) is 24.0 Å². The van der Waals surface area contributed by atoms with Gasteiger partial charge in [-0.2, -0.15) is 0 Å². The van der Waals surface area contributed by atoms with Crippen LogP contribution in [-0.2, 0) is 57.6 Å². The number of aromatic amines is 1. The summed E-state index contributed by atoms with van der Waals surface area (Å²) in [5.74, 6) is -7.51. The van der Waals surface area contributed by atoms with Crippen molar-refractivity contribution in [3.05, 3.63) is 108 Å². The first-order valence-electron chi connectivity index (χ1n) is 23.6. The quantitative estimate of drug-likeness (QED) is 0.0432. The number of nitrogens with two attached hydrogens (primary N) is 3. The Balaban J connectivity index is 1.57. The van der Waals surface area contributed by atoms with Gasteiger partial charge in [0, 0.05) is 41.4 Å². The number of rotatable bonds is 17. The van der Waals surface area contributed by atoms with Gasteiger partial charge in [0.2, 0.25) is 47.3 Å². The summed E-state index contributed by atoms with van der Waals surface area (Å²) >= 11 is 0. The molecule has 1 aromatic heterocycles. The molecule has 1 saturated heterocycles. The summed E-state index contributed by atoms with van der Waals surface area (Å²) in [7, 11) is 1.96. The zero-order valence-corrected chi connectivity index (χ0v) is 41.6. The van der Waals surface area contributed by atoms with Crippen LogP contribution in [0.1, 0.15) is 49.8 Å². The normalized spacial score (nSPS) is 22.6. The highest BCUT2D eigenvalue weighted by molar-refractivity contribution is 8.76. The Morgan fingerprint density at radius 1 is 0.708 bits per heavy atom. The Morgan fingerprint density at radius 3 is 1.93 bits per heavy atom. The third-order valence-electron chi connectivity index (χ3n) is 11.8. The van der Waals surface area contributed by atoms with Gasteiger partial charge in [0.25, 0.3) is 0 Å². The van der Waals surface area contributed by atoms with Crippen molar-refractivity contribution in [3.8, 4) is 0 Å². The van der Waals surface area contributed by atoms with Crippen molar-refractivity contribution in [2.75, 3.05) is 18.1 Å². The van der Waals surface area contributed by atoms with Gasteiger partial charge in [0.05, 0.1) is 18.2 Å². The average molecular weight is 1030 g/mol. The van der Waals surface area contributed by atoms with Crippen LogP contribution in [0.25, 0.3) is 10.9 Å². The summed E-state index contributed by atoms with van der Waals surface area (Å²) < 4.78 is 0. The number of aliphatic hydroxyl groups is 2. The number of fused-ring (bicyclic) bond motifs is 1. The molecule has 72 heavy (non-hydrogen) atoms. The lowest BCUT2D eigenvalue weighted by Crippen LogP contribution is -2.62. The smallest absolute Gasteiger partial charge is 0.245 e. The second kappa shape index (κ2) is 27.9. The molecule has 1 aliphatic heterocycles. The van der Waals surface area contributed by atoms with Crippen LogP contribution in [0.15, 0.2) is 91.1 Å². The van der Waals surface area contributed by atoms with Crippen molar-refractivity contribution >= 4 is 79.7 Å². The van der Waals surface area contributed by atoms with E-state index in [0.717, 1.165) is 38.1 Å². The summed E-state index contributed by atoms with van der Waals surface area (Å²) in [4.78, 5) is 115. The van der Waals surface area contributed by atoms with E-state index in [1.807, 2.05) is 30.3 Å². The van der Waals surface area contributed by atoms with Crippen LogP contribution < -0.4 is 54.4 Å². The number of hydrogen-bond acceptors (Lipinski definition) is 14. The van der Waals surface area contributed by atoms with Gasteiger partial charge >= 0.3 is 0 Å². The van der Waals surface area contributed by atoms with Crippen molar-refractivity contribution in [1.29, 1.82) is 0 Å². The van der Waals surface area contributed by atoms with Crippen molar-refractivity contribution in [1.82, 2.24) is 42.2 Å². The lowest BCUT2D eigenvalue weighted by Gasteiger charge is -2.29. The summed E-state index contributed by atoms with van der Waals surface area (Å²) in [6.07, 6.45) is -0.557. The number of unbranched alkanes of at least 4 members (excludes halogenated alkanes) is 1. The Kier molecular flexibility index (Phi) is 21.9. The van der Waals surface area contributed by atoms with Crippen molar-refractivity contribution in [3.63, 3.8) is 0 Å². The molecule has 3 aromatic carbocycles. The minimum absolute atomic E-state index is 0.0121. The van der Waals surface area contributed by atoms with E-state index in [-0.39, 0.29) is 43.7 Å². The Morgan fingerprint density at radius 2 is 1.29 bits per heavy atom. The highest BCUT2D eigenvalue weighted by Gasteiger charge is 2.37. The van der Waals surface area contributed by atoms with Gasteiger partial charge in [-0.3, -0.25) is 38.4 Å². The zero-order chi connectivity index (χ0) is 52.3. The van der Waals surface area contributed by atoms with Crippen molar-refractivity contribution in [2.24, 2.45) is 17.2 Å². The molecule has 4 aromatic rings. The van der Waals surface area contributed by atoms with Gasteiger partial charge in [-0.05, 0) is 68.8 Å². The summed E-state index contributed by atoms with van der Waals surface area (Å²) in [6.45, 7) is 2.70. The SMILES string of the molecule is C[C@@H](O)C1NC(=O)[C@@H](CCCCN)NC(=O)[C@@H](Cc2c[nH]c3ccccc23)NC(=O)C(Cc2ccccc2)NC(=O)[C@@H](NC(=O)[C@H](N)Cc2ccccc2)CSSCC(C(=O)N[C@H](C(N)=O)[C@@H](C)O)NC1=O. The molecule has 388 valence electrons. The highest BCUT2D eigenvalue weighted by Crippen LogP contribution is 2.24. The van der Waals surface area contributed by atoms with E-state index in [1.165, 1.54) is 13.8 Å². The zero-order valence-electron chi connectivity index (χ0n) is 40.0. The third-order valence-corrected chi connectivity index (χ3v) is 14.3. The van der Waals surface area contributed by atoms with Gasteiger partial charge < -0.3 is 69.6 Å². The molecule has 3 unspecified atom stereocenters. The minimum Gasteiger partial charge on any atom is -0.391 e. The largest absolute Gasteiger partial charge is 0.391 e. The molecule has 2 heterocycles. The van der Waals surface area contributed by atoms with Crippen LogP contribution in [0.5, 0.6) is 0 Å².